The van der Waals surface area contributed by atoms with Crippen LogP contribution in [0.4, 0.5) is 0 Å². The molecule has 0 aromatic heterocycles. The van der Waals surface area contributed by atoms with Crippen LogP contribution in [0.1, 0.15) is 40.0 Å². The average molecular weight is 221 g/mol. The van der Waals surface area contributed by atoms with Gasteiger partial charge in [0.25, 0.3) is 0 Å². The lowest BCUT2D eigenvalue weighted by Gasteiger charge is -2.35. The van der Waals surface area contributed by atoms with Crippen LogP contribution in [0, 0.1) is 29.1 Å². The van der Waals surface area contributed by atoms with Gasteiger partial charge in [-0.2, -0.15) is 0 Å². The summed E-state index contributed by atoms with van der Waals surface area (Å²) in [6, 6.07) is 0.464. The molecule has 16 heavy (non-hydrogen) atoms. The zero-order valence-electron chi connectivity index (χ0n) is 10.6. The second kappa shape index (κ2) is 2.51. The minimum Gasteiger partial charge on any atom is -0.366 e. The molecule has 0 bridgehead atoms. The van der Waals surface area contributed by atoms with Gasteiger partial charge in [-0.25, -0.2) is 0 Å². The zero-order chi connectivity index (χ0) is 11.3. The highest BCUT2D eigenvalue weighted by atomic mass is 16.6. The Morgan fingerprint density at radius 3 is 2.75 bits per heavy atom. The van der Waals surface area contributed by atoms with Crippen LogP contribution >= 0.6 is 0 Å². The second-order valence-electron chi connectivity index (χ2n) is 7.20. The molecular formula is C14H23NO. The molecule has 7 atom stereocenters. The fourth-order valence-electron chi connectivity index (χ4n) is 5.60. The van der Waals surface area contributed by atoms with E-state index in [2.05, 4.69) is 20.8 Å². The summed E-state index contributed by atoms with van der Waals surface area (Å²) in [7, 11) is 0. The highest BCUT2D eigenvalue weighted by Crippen LogP contribution is 2.83. The minimum absolute atomic E-state index is 0.236. The smallest absolute Gasteiger partial charge is 0.0957 e. The summed E-state index contributed by atoms with van der Waals surface area (Å²) in [6.07, 6.45) is 4.43. The lowest BCUT2D eigenvalue weighted by Crippen LogP contribution is -2.39. The van der Waals surface area contributed by atoms with Crippen molar-refractivity contribution in [3.05, 3.63) is 0 Å². The molecule has 3 unspecified atom stereocenters. The van der Waals surface area contributed by atoms with Crippen LogP contribution in [-0.4, -0.2) is 17.7 Å². The van der Waals surface area contributed by atoms with Gasteiger partial charge in [0.1, 0.15) is 0 Å². The van der Waals surface area contributed by atoms with E-state index in [4.69, 9.17) is 10.5 Å². The number of epoxide rings is 1. The van der Waals surface area contributed by atoms with Gasteiger partial charge >= 0.3 is 0 Å². The van der Waals surface area contributed by atoms with Crippen LogP contribution in [-0.2, 0) is 4.74 Å². The van der Waals surface area contributed by atoms with Gasteiger partial charge in [0.2, 0.25) is 0 Å². The van der Waals surface area contributed by atoms with Crippen LogP contribution in [0.3, 0.4) is 0 Å². The first kappa shape index (κ1) is 9.90. The maximum atomic E-state index is 6.44. The van der Waals surface area contributed by atoms with Crippen molar-refractivity contribution in [2.45, 2.75) is 57.8 Å². The van der Waals surface area contributed by atoms with Crippen molar-refractivity contribution in [2.24, 2.45) is 34.8 Å². The number of fused-ring (bicyclic) bond motifs is 3. The first-order valence-corrected chi connectivity index (χ1v) is 6.95. The van der Waals surface area contributed by atoms with Gasteiger partial charge in [-0.3, -0.25) is 0 Å². The van der Waals surface area contributed by atoms with E-state index in [9.17, 15) is 0 Å². The first-order valence-electron chi connectivity index (χ1n) is 6.95. The molecule has 1 aliphatic heterocycles. The maximum absolute atomic E-state index is 6.44. The predicted molar refractivity (Wildman–Crippen MR) is 62.8 cm³/mol. The molecule has 1 saturated heterocycles. The molecule has 3 saturated carbocycles. The van der Waals surface area contributed by atoms with Crippen LogP contribution in [0.5, 0.6) is 0 Å². The predicted octanol–water partition coefficient (Wildman–Crippen LogP) is 2.17. The number of ether oxygens (including phenoxy) is 1. The zero-order valence-corrected chi connectivity index (χ0v) is 10.6. The molecule has 0 amide bonds. The van der Waals surface area contributed by atoms with Crippen molar-refractivity contribution in [1.29, 1.82) is 0 Å². The molecule has 4 rings (SSSR count). The van der Waals surface area contributed by atoms with Crippen molar-refractivity contribution in [3.8, 4) is 0 Å². The number of hydrogen-bond donors (Lipinski definition) is 1. The fourth-order valence-corrected chi connectivity index (χ4v) is 5.60. The Hall–Kier alpha value is -0.0800. The Bertz CT molecular complexity index is 355. The normalized spacial score (nSPS) is 66.2. The quantitative estimate of drug-likeness (QED) is 0.689. The van der Waals surface area contributed by atoms with Crippen molar-refractivity contribution in [1.82, 2.24) is 0 Å². The molecular weight excluding hydrogens is 198 g/mol. The van der Waals surface area contributed by atoms with Crippen molar-refractivity contribution < 1.29 is 4.74 Å². The van der Waals surface area contributed by atoms with E-state index in [-0.39, 0.29) is 5.60 Å². The Morgan fingerprint density at radius 2 is 2.06 bits per heavy atom. The summed E-state index contributed by atoms with van der Waals surface area (Å²) in [5.74, 6) is 3.42. The van der Waals surface area contributed by atoms with Crippen LogP contribution in [0.2, 0.25) is 0 Å². The highest BCUT2D eigenvalue weighted by Gasteiger charge is 2.87. The molecule has 0 aromatic carbocycles. The summed E-state index contributed by atoms with van der Waals surface area (Å²) in [6.45, 7) is 7.10. The van der Waals surface area contributed by atoms with Crippen molar-refractivity contribution >= 4 is 0 Å². The highest BCUT2D eigenvalue weighted by molar-refractivity contribution is 5.35. The van der Waals surface area contributed by atoms with Gasteiger partial charge in [0.05, 0.1) is 11.7 Å². The molecule has 4 fully saturated rings. The van der Waals surface area contributed by atoms with Gasteiger partial charge in [-0.05, 0) is 49.4 Å². The molecule has 3 aliphatic carbocycles. The summed E-state index contributed by atoms with van der Waals surface area (Å²) >= 11 is 0. The third-order valence-corrected chi connectivity index (χ3v) is 6.40. The standard InChI is InChI=1S/C14H23NO/c1-7(2)8-4-5-9(15)14-6-10-13(3,16-10)12(14)11(8)14/h7-12H,4-6,15H2,1-3H3/t8-,9+,10?,11?,12?,13+,14+/m0/s1. The van der Waals surface area contributed by atoms with E-state index in [1.807, 2.05) is 0 Å². The number of rotatable bonds is 1. The molecule has 90 valence electrons. The summed E-state index contributed by atoms with van der Waals surface area (Å²) in [5.41, 5.74) is 7.19. The molecule has 0 aromatic rings. The Labute approximate surface area is 97.9 Å². The molecule has 0 radical (unpaired) electrons. The average Bonchev–Trinajstić information content (AvgIpc) is 3.03. The van der Waals surface area contributed by atoms with E-state index >= 15 is 0 Å². The van der Waals surface area contributed by atoms with E-state index in [1.165, 1.54) is 19.3 Å². The number of nitrogens with two attached hydrogens (primary N) is 1. The topological polar surface area (TPSA) is 38.5 Å². The molecule has 2 N–H and O–H groups in total. The Balaban J connectivity index is 1.70. The number of hydrogen-bond acceptors (Lipinski definition) is 2. The van der Waals surface area contributed by atoms with Gasteiger partial charge in [0, 0.05) is 12.0 Å². The molecule has 2 heteroatoms. The summed E-state index contributed by atoms with van der Waals surface area (Å²) < 4.78 is 5.90. The first-order chi connectivity index (χ1) is 7.52. The lowest BCUT2D eigenvalue weighted by molar-refractivity contribution is 0.156. The van der Waals surface area contributed by atoms with E-state index in [0.717, 1.165) is 23.7 Å². The van der Waals surface area contributed by atoms with Crippen LogP contribution in [0.25, 0.3) is 0 Å². The fraction of sp³-hybridized carbons (Fsp3) is 1.00. The third-order valence-electron chi connectivity index (χ3n) is 6.40. The Morgan fingerprint density at radius 1 is 1.31 bits per heavy atom. The monoisotopic (exact) mass is 221 g/mol. The van der Waals surface area contributed by atoms with Gasteiger partial charge < -0.3 is 10.5 Å². The maximum Gasteiger partial charge on any atom is 0.0957 e. The molecule has 1 heterocycles. The third kappa shape index (κ3) is 0.830. The second-order valence-corrected chi connectivity index (χ2v) is 7.20. The minimum atomic E-state index is 0.236. The van der Waals surface area contributed by atoms with Crippen LogP contribution in [0.15, 0.2) is 0 Å². The van der Waals surface area contributed by atoms with Gasteiger partial charge in [0.15, 0.2) is 0 Å². The van der Waals surface area contributed by atoms with E-state index < -0.39 is 0 Å². The van der Waals surface area contributed by atoms with Gasteiger partial charge in [-0.1, -0.05) is 13.8 Å². The van der Waals surface area contributed by atoms with Crippen molar-refractivity contribution in [2.75, 3.05) is 0 Å². The summed E-state index contributed by atoms with van der Waals surface area (Å²) in [5, 5.41) is 0. The largest absolute Gasteiger partial charge is 0.366 e. The molecule has 4 aliphatic rings. The molecule has 2 nitrogen and oxygen atoms in total. The van der Waals surface area contributed by atoms with Crippen molar-refractivity contribution in [3.63, 3.8) is 0 Å². The van der Waals surface area contributed by atoms with E-state index in [0.29, 0.717) is 17.6 Å². The van der Waals surface area contributed by atoms with Gasteiger partial charge in [-0.15, -0.1) is 0 Å². The summed E-state index contributed by atoms with van der Waals surface area (Å²) in [4.78, 5) is 0. The Kier molecular flexibility index (Phi) is 1.55. The SMILES string of the molecule is CC(C)[C@@H]1CC[C@@H](N)[C@@]23CC4O[C@@]4(C)C2C13. The molecule has 1 spiro atoms. The van der Waals surface area contributed by atoms with E-state index in [1.54, 1.807) is 0 Å². The van der Waals surface area contributed by atoms with Crippen LogP contribution < -0.4 is 5.73 Å². The lowest BCUT2D eigenvalue weighted by atomic mass is 9.72.